The number of hydrogen-bond donors (Lipinski definition) is 1. The van der Waals surface area contributed by atoms with Crippen LogP contribution in [0.3, 0.4) is 0 Å². The van der Waals surface area contributed by atoms with Crippen LogP contribution in [0.15, 0.2) is 35.0 Å². The van der Waals surface area contributed by atoms with Crippen molar-refractivity contribution in [2.24, 2.45) is 0 Å². The number of rotatable bonds is 6. The first-order valence-electron chi connectivity index (χ1n) is 9.79. The Morgan fingerprint density at radius 2 is 1.81 bits per heavy atom. The Balaban J connectivity index is 0.00000261. The van der Waals surface area contributed by atoms with Crippen molar-refractivity contribution in [3.63, 3.8) is 0 Å². The Bertz CT molecular complexity index is 719. The maximum atomic E-state index is 13.4. The largest absolute Gasteiger partial charge is 0.320 e. The number of likely N-dealkylation sites (tertiary alicyclic amines) is 1. The molecule has 1 aromatic carbocycles. The molecule has 1 N–H and O–H groups in total. The summed E-state index contributed by atoms with van der Waals surface area (Å²) < 4.78 is 0.907. The fourth-order valence-corrected chi connectivity index (χ4v) is 5.17. The van der Waals surface area contributed by atoms with Gasteiger partial charge in [-0.3, -0.25) is 4.79 Å². The minimum atomic E-state index is 0. The number of para-hydroxylation sites is 1. The van der Waals surface area contributed by atoms with Gasteiger partial charge >= 0.3 is 0 Å². The van der Waals surface area contributed by atoms with Crippen molar-refractivity contribution in [3.05, 3.63) is 51.7 Å². The van der Waals surface area contributed by atoms with Crippen LogP contribution in [0.2, 0.25) is 0 Å². The predicted octanol–water partition coefficient (Wildman–Crippen LogP) is 5.28. The molecule has 27 heavy (non-hydrogen) atoms. The quantitative estimate of drug-likeness (QED) is 0.584. The number of aryl methyl sites for hydroxylation is 2. The number of anilines is 1. The van der Waals surface area contributed by atoms with E-state index in [9.17, 15) is 4.79 Å². The molecule has 1 aromatic heterocycles. The Labute approximate surface area is 193 Å². The zero-order valence-corrected chi connectivity index (χ0v) is 20.5. The Hall–Kier alpha value is -0.546. The van der Waals surface area contributed by atoms with Gasteiger partial charge in [-0.05, 0) is 61.1 Å². The van der Waals surface area contributed by atoms with Crippen molar-refractivity contribution in [1.29, 1.82) is 0 Å². The summed E-state index contributed by atoms with van der Waals surface area (Å²) in [5.41, 5.74) is 4.63. The number of carbonyl (C=O) groups is 1. The van der Waals surface area contributed by atoms with Gasteiger partial charge in [-0.15, -0.1) is 0 Å². The van der Waals surface area contributed by atoms with E-state index in [0.717, 1.165) is 47.4 Å². The smallest absolute Gasteiger partial charge is 0.282 e. The van der Waals surface area contributed by atoms with Crippen LogP contribution in [0, 0.1) is 13.8 Å². The zero-order valence-electron chi connectivity index (χ0n) is 16.8. The number of carbonyl (C=O) groups excluding carboxylic acids is 1. The summed E-state index contributed by atoms with van der Waals surface area (Å²) in [7, 11) is 0. The average molecular weight is 460 g/mol. The number of thiophene rings is 1. The van der Waals surface area contributed by atoms with Gasteiger partial charge in [0.2, 0.25) is 0 Å². The Kier molecular flexibility index (Phi) is 8.67. The molecule has 2 aromatic rings. The van der Waals surface area contributed by atoms with E-state index in [1.807, 2.05) is 6.07 Å². The van der Waals surface area contributed by atoms with Gasteiger partial charge in [0.1, 0.15) is 6.54 Å². The molecule has 3 nitrogen and oxygen atoms in total. The molecule has 1 saturated heterocycles. The molecular formula is C22H31N2OSY+. The molecule has 143 valence electrons. The normalized spacial score (nSPS) is 17.0. The molecule has 1 aliphatic rings. The molecule has 2 heterocycles. The fraction of sp³-hybridized carbons (Fsp3) is 0.500. The van der Waals surface area contributed by atoms with Gasteiger partial charge in [-0.1, -0.05) is 25.1 Å². The van der Waals surface area contributed by atoms with Crippen LogP contribution in [0.5, 0.6) is 0 Å². The van der Waals surface area contributed by atoms with Crippen LogP contribution >= 0.6 is 11.3 Å². The SMILES string of the molecule is CCC(C(=O)Nc1c(C)cccc1C)[N+]1(Cc2ccsc2)CCCCC1.[Y]. The summed E-state index contributed by atoms with van der Waals surface area (Å²) in [6, 6.07) is 8.41. The van der Waals surface area contributed by atoms with E-state index >= 15 is 0 Å². The minimum absolute atomic E-state index is 0. The third-order valence-electron chi connectivity index (χ3n) is 5.86. The number of piperidine rings is 1. The molecule has 3 rings (SSSR count). The van der Waals surface area contributed by atoms with Crippen LogP contribution in [0.1, 0.15) is 49.3 Å². The van der Waals surface area contributed by atoms with E-state index in [-0.39, 0.29) is 44.7 Å². The summed E-state index contributed by atoms with van der Waals surface area (Å²) in [5.74, 6) is 0.182. The molecular weight excluding hydrogens is 429 g/mol. The van der Waals surface area contributed by atoms with Crippen LogP contribution in [-0.2, 0) is 44.0 Å². The van der Waals surface area contributed by atoms with E-state index in [4.69, 9.17) is 0 Å². The molecule has 1 unspecified atom stereocenters. The summed E-state index contributed by atoms with van der Waals surface area (Å²) in [4.78, 5) is 13.4. The number of benzene rings is 1. The Morgan fingerprint density at radius 1 is 1.15 bits per heavy atom. The molecule has 0 spiro atoms. The van der Waals surface area contributed by atoms with Crippen molar-refractivity contribution in [2.75, 3.05) is 18.4 Å². The number of hydrogen-bond acceptors (Lipinski definition) is 2. The fourth-order valence-electron chi connectivity index (χ4n) is 4.51. The van der Waals surface area contributed by atoms with Crippen molar-refractivity contribution in [2.45, 2.75) is 59.0 Å². The van der Waals surface area contributed by atoms with Gasteiger partial charge in [-0.25, -0.2) is 0 Å². The first-order valence-corrected chi connectivity index (χ1v) is 10.7. The average Bonchev–Trinajstić information content (AvgIpc) is 3.12. The minimum Gasteiger partial charge on any atom is -0.320 e. The van der Waals surface area contributed by atoms with Gasteiger partial charge in [0, 0.05) is 50.4 Å². The van der Waals surface area contributed by atoms with Crippen LogP contribution in [-0.4, -0.2) is 29.5 Å². The first-order chi connectivity index (χ1) is 12.6. The molecule has 1 amide bonds. The molecule has 1 radical (unpaired) electrons. The summed E-state index contributed by atoms with van der Waals surface area (Å²) >= 11 is 1.75. The second-order valence-electron chi connectivity index (χ2n) is 7.70. The van der Waals surface area contributed by atoms with Gasteiger partial charge in [0.15, 0.2) is 6.04 Å². The zero-order chi connectivity index (χ0) is 18.6. The van der Waals surface area contributed by atoms with E-state index in [0.29, 0.717) is 0 Å². The summed E-state index contributed by atoms with van der Waals surface area (Å²) in [6.45, 7) is 9.49. The summed E-state index contributed by atoms with van der Waals surface area (Å²) in [5, 5.41) is 7.67. The molecule has 0 bridgehead atoms. The van der Waals surface area contributed by atoms with E-state index in [1.165, 1.54) is 24.8 Å². The molecule has 5 heteroatoms. The third kappa shape index (κ3) is 5.29. The van der Waals surface area contributed by atoms with Crippen molar-refractivity contribution in [3.8, 4) is 0 Å². The number of nitrogens with zero attached hydrogens (tertiary/aromatic N) is 1. The maximum absolute atomic E-state index is 13.4. The predicted molar refractivity (Wildman–Crippen MR) is 110 cm³/mol. The monoisotopic (exact) mass is 460 g/mol. The van der Waals surface area contributed by atoms with E-state index in [1.54, 1.807) is 11.3 Å². The van der Waals surface area contributed by atoms with Gasteiger partial charge in [0.05, 0.1) is 13.1 Å². The molecule has 1 atom stereocenters. The second kappa shape index (κ2) is 10.3. The number of amides is 1. The van der Waals surface area contributed by atoms with Gasteiger partial charge in [0.25, 0.3) is 5.91 Å². The summed E-state index contributed by atoms with van der Waals surface area (Å²) in [6.07, 6.45) is 4.61. The van der Waals surface area contributed by atoms with E-state index < -0.39 is 0 Å². The number of quaternary nitrogens is 1. The van der Waals surface area contributed by atoms with Crippen LogP contribution < -0.4 is 5.32 Å². The van der Waals surface area contributed by atoms with Gasteiger partial charge in [-0.2, -0.15) is 11.3 Å². The molecule has 1 aliphatic heterocycles. The van der Waals surface area contributed by atoms with E-state index in [2.05, 4.69) is 55.0 Å². The van der Waals surface area contributed by atoms with Crippen molar-refractivity contribution < 1.29 is 42.0 Å². The molecule has 0 saturated carbocycles. The number of nitrogens with one attached hydrogen (secondary N) is 1. The van der Waals surface area contributed by atoms with Gasteiger partial charge < -0.3 is 9.80 Å². The standard InChI is InChI=1S/C22H30N2OS.Y/c1-4-20(22(25)23-21-17(2)9-8-10-18(21)3)24(12-6-5-7-13-24)15-19-11-14-26-16-19;/h8-11,14,16,20H,4-7,12-13,15H2,1-3H3;/p+1. The van der Waals surface area contributed by atoms with Crippen molar-refractivity contribution >= 4 is 22.9 Å². The topological polar surface area (TPSA) is 29.1 Å². The third-order valence-corrected chi connectivity index (χ3v) is 6.60. The molecule has 0 aliphatic carbocycles. The first kappa shape index (κ1) is 22.7. The van der Waals surface area contributed by atoms with Crippen molar-refractivity contribution in [1.82, 2.24) is 0 Å². The molecule has 1 fully saturated rings. The second-order valence-corrected chi connectivity index (χ2v) is 8.48. The van der Waals surface area contributed by atoms with Crippen LogP contribution in [0.25, 0.3) is 0 Å². The van der Waals surface area contributed by atoms with Crippen LogP contribution in [0.4, 0.5) is 5.69 Å². The Morgan fingerprint density at radius 3 is 2.37 bits per heavy atom. The maximum Gasteiger partial charge on any atom is 0.282 e.